The first kappa shape index (κ1) is 14.5. The summed E-state index contributed by atoms with van der Waals surface area (Å²) in [4.78, 5) is 12.3. The number of nitrogens with zero attached hydrogens (tertiary/aromatic N) is 1. The highest BCUT2D eigenvalue weighted by Gasteiger charge is 2.41. The number of halogens is 1. The molecule has 0 bridgehead atoms. The van der Waals surface area contributed by atoms with Gasteiger partial charge in [0.25, 0.3) is 0 Å². The lowest BCUT2D eigenvalue weighted by atomic mass is 9.86. The zero-order valence-electron chi connectivity index (χ0n) is 11.9. The van der Waals surface area contributed by atoms with Crippen LogP contribution in [0.2, 0.25) is 0 Å². The van der Waals surface area contributed by atoms with Crippen LogP contribution < -0.4 is 5.32 Å². The van der Waals surface area contributed by atoms with Crippen molar-refractivity contribution in [3.63, 3.8) is 0 Å². The molecule has 4 heteroatoms. The number of nitrogens with one attached hydrogen (secondary N) is 1. The molecule has 1 N–H and O–H groups in total. The lowest BCUT2D eigenvalue weighted by molar-refractivity contribution is -0.128. The maximum absolute atomic E-state index is 13.6. The Kier molecular flexibility index (Phi) is 4.08. The quantitative estimate of drug-likeness (QED) is 0.918. The normalized spacial score (nSPS) is 18.3. The Balaban J connectivity index is 2.11. The molecule has 106 valence electrons. The van der Waals surface area contributed by atoms with Crippen LogP contribution in [0.5, 0.6) is 0 Å². The van der Waals surface area contributed by atoms with Crippen LogP contribution in [-0.4, -0.2) is 5.91 Å². The first-order chi connectivity index (χ1) is 9.48. The zero-order valence-corrected chi connectivity index (χ0v) is 11.9. The Bertz CT molecular complexity index is 556. The summed E-state index contributed by atoms with van der Waals surface area (Å²) in [7, 11) is 0. The molecule has 1 unspecified atom stereocenters. The highest BCUT2D eigenvalue weighted by molar-refractivity contribution is 5.86. The van der Waals surface area contributed by atoms with Crippen LogP contribution in [0.15, 0.2) is 18.2 Å². The van der Waals surface area contributed by atoms with Gasteiger partial charge >= 0.3 is 0 Å². The number of amides is 1. The van der Waals surface area contributed by atoms with E-state index in [-0.39, 0.29) is 17.8 Å². The van der Waals surface area contributed by atoms with Gasteiger partial charge in [-0.3, -0.25) is 4.79 Å². The van der Waals surface area contributed by atoms with Crippen LogP contribution >= 0.6 is 0 Å². The van der Waals surface area contributed by atoms with Crippen LogP contribution in [0.25, 0.3) is 0 Å². The van der Waals surface area contributed by atoms with Crippen LogP contribution in [0, 0.1) is 29.5 Å². The standard InChI is InChI=1S/C16H19FN2O/c1-11-5-6-13(9-14(11)17)12(2)19-15(20)16(10-18)7-3-4-8-16/h5-6,9,12H,3-4,7-8H2,1-2H3,(H,19,20). The molecule has 2 rings (SSSR count). The second kappa shape index (κ2) is 5.62. The molecule has 1 aliphatic carbocycles. The average Bonchev–Trinajstić information content (AvgIpc) is 2.91. The van der Waals surface area contributed by atoms with Gasteiger partial charge in [-0.15, -0.1) is 0 Å². The minimum atomic E-state index is -0.891. The van der Waals surface area contributed by atoms with Gasteiger partial charge in [0.1, 0.15) is 11.2 Å². The molecular weight excluding hydrogens is 255 g/mol. The van der Waals surface area contributed by atoms with E-state index in [0.29, 0.717) is 24.0 Å². The highest BCUT2D eigenvalue weighted by Crippen LogP contribution is 2.38. The monoisotopic (exact) mass is 274 g/mol. The van der Waals surface area contributed by atoms with E-state index in [1.165, 1.54) is 6.07 Å². The van der Waals surface area contributed by atoms with Crippen molar-refractivity contribution in [3.05, 3.63) is 35.1 Å². The Labute approximate surface area is 118 Å². The van der Waals surface area contributed by atoms with Crippen LogP contribution in [0.3, 0.4) is 0 Å². The number of carbonyl (C=O) groups is 1. The second-order valence-electron chi connectivity index (χ2n) is 5.60. The maximum atomic E-state index is 13.6. The van der Waals surface area contributed by atoms with Gasteiger partial charge in [-0.2, -0.15) is 5.26 Å². The topological polar surface area (TPSA) is 52.9 Å². The molecule has 0 aliphatic heterocycles. The SMILES string of the molecule is Cc1ccc(C(C)NC(=O)C2(C#N)CCCC2)cc1F. The van der Waals surface area contributed by atoms with Crippen molar-refractivity contribution in [3.8, 4) is 6.07 Å². The Morgan fingerprint density at radius 3 is 2.65 bits per heavy atom. The van der Waals surface area contributed by atoms with Crippen molar-refractivity contribution in [1.29, 1.82) is 5.26 Å². The van der Waals surface area contributed by atoms with Crippen molar-refractivity contribution >= 4 is 5.91 Å². The summed E-state index contributed by atoms with van der Waals surface area (Å²) in [6.07, 6.45) is 3.05. The third-order valence-electron chi connectivity index (χ3n) is 4.15. The summed E-state index contributed by atoms with van der Waals surface area (Å²) in [5, 5.41) is 12.1. The second-order valence-corrected chi connectivity index (χ2v) is 5.60. The fourth-order valence-corrected chi connectivity index (χ4v) is 2.66. The molecule has 1 atom stereocenters. The smallest absolute Gasteiger partial charge is 0.240 e. The van der Waals surface area contributed by atoms with E-state index in [4.69, 9.17) is 0 Å². The van der Waals surface area contributed by atoms with Gasteiger partial charge in [-0.25, -0.2) is 4.39 Å². The average molecular weight is 274 g/mol. The minimum Gasteiger partial charge on any atom is -0.348 e. The van der Waals surface area contributed by atoms with E-state index in [1.807, 2.05) is 6.92 Å². The van der Waals surface area contributed by atoms with E-state index in [9.17, 15) is 14.4 Å². The van der Waals surface area contributed by atoms with Crippen molar-refractivity contribution in [2.24, 2.45) is 5.41 Å². The highest BCUT2D eigenvalue weighted by atomic mass is 19.1. The van der Waals surface area contributed by atoms with Gasteiger partial charge in [0.15, 0.2) is 0 Å². The predicted molar refractivity (Wildman–Crippen MR) is 74.2 cm³/mol. The lowest BCUT2D eigenvalue weighted by Gasteiger charge is -2.23. The van der Waals surface area contributed by atoms with Crippen molar-refractivity contribution in [2.75, 3.05) is 0 Å². The summed E-state index contributed by atoms with van der Waals surface area (Å²) in [5.74, 6) is -0.509. The Hall–Kier alpha value is -1.89. The number of rotatable bonds is 3. The molecule has 1 fully saturated rings. The van der Waals surface area contributed by atoms with E-state index in [0.717, 1.165) is 12.8 Å². The molecule has 0 heterocycles. The fraction of sp³-hybridized carbons (Fsp3) is 0.500. The first-order valence-electron chi connectivity index (χ1n) is 6.97. The molecule has 20 heavy (non-hydrogen) atoms. The molecule has 1 aromatic rings. The van der Waals surface area contributed by atoms with Crippen LogP contribution in [0.1, 0.15) is 49.8 Å². The summed E-state index contributed by atoms with van der Waals surface area (Å²) < 4.78 is 13.6. The molecule has 1 aliphatic rings. The predicted octanol–water partition coefficient (Wildman–Crippen LogP) is 3.40. The van der Waals surface area contributed by atoms with Gasteiger partial charge in [0, 0.05) is 0 Å². The number of aryl methyl sites for hydroxylation is 1. The third-order valence-corrected chi connectivity index (χ3v) is 4.15. The molecule has 3 nitrogen and oxygen atoms in total. The lowest BCUT2D eigenvalue weighted by Crippen LogP contribution is -2.39. The summed E-state index contributed by atoms with van der Waals surface area (Å²) in [6.45, 7) is 3.51. The molecule has 1 amide bonds. The largest absolute Gasteiger partial charge is 0.348 e. The Morgan fingerprint density at radius 1 is 1.45 bits per heavy atom. The number of hydrogen-bond donors (Lipinski definition) is 1. The van der Waals surface area contributed by atoms with Gasteiger partial charge < -0.3 is 5.32 Å². The van der Waals surface area contributed by atoms with E-state index < -0.39 is 5.41 Å². The fourth-order valence-electron chi connectivity index (χ4n) is 2.66. The van der Waals surface area contributed by atoms with Gasteiger partial charge in [-0.1, -0.05) is 25.0 Å². The molecule has 0 aromatic heterocycles. The summed E-state index contributed by atoms with van der Waals surface area (Å²) in [6, 6.07) is 6.80. The number of carbonyl (C=O) groups excluding carboxylic acids is 1. The molecule has 1 saturated carbocycles. The van der Waals surface area contributed by atoms with Crippen LogP contribution in [0.4, 0.5) is 4.39 Å². The molecular formula is C16H19FN2O. The van der Waals surface area contributed by atoms with E-state index >= 15 is 0 Å². The minimum absolute atomic E-state index is 0.231. The summed E-state index contributed by atoms with van der Waals surface area (Å²) in [5.41, 5.74) is 0.404. The van der Waals surface area contributed by atoms with Gasteiger partial charge in [0.2, 0.25) is 5.91 Å². The van der Waals surface area contributed by atoms with Gasteiger partial charge in [-0.05, 0) is 43.9 Å². The van der Waals surface area contributed by atoms with E-state index in [2.05, 4.69) is 11.4 Å². The van der Waals surface area contributed by atoms with Crippen LogP contribution in [-0.2, 0) is 4.79 Å². The molecule has 1 aromatic carbocycles. The molecule has 0 spiro atoms. The number of hydrogen-bond acceptors (Lipinski definition) is 2. The zero-order chi connectivity index (χ0) is 14.8. The van der Waals surface area contributed by atoms with Crippen molar-refractivity contribution in [1.82, 2.24) is 5.32 Å². The van der Waals surface area contributed by atoms with Crippen molar-refractivity contribution in [2.45, 2.75) is 45.6 Å². The van der Waals surface area contributed by atoms with E-state index in [1.54, 1.807) is 19.1 Å². The number of nitriles is 1. The number of benzene rings is 1. The van der Waals surface area contributed by atoms with Crippen molar-refractivity contribution < 1.29 is 9.18 Å². The molecule has 0 radical (unpaired) electrons. The molecule has 0 saturated heterocycles. The summed E-state index contributed by atoms with van der Waals surface area (Å²) >= 11 is 0. The first-order valence-corrected chi connectivity index (χ1v) is 6.97. The van der Waals surface area contributed by atoms with Gasteiger partial charge in [0.05, 0.1) is 12.1 Å². The third kappa shape index (κ3) is 2.67. The maximum Gasteiger partial charge on any atom is 0.240 e. The Morgan fingerprint density at radius 2 is 2.10 bits per heavy atom.